The van der Waals surface area contributed by atoms with Crippen LogP contribution in [0.2, 0.25) is 0 Å². The Morgan fingerprint density at radius 3 is 2.87 bits per heavy atom. The fourth-order valence-corrected chi connectivity index (χ4v) is 3.30. The van der Waals surface area contributed by atoms with Crippen LogP contribution < -0.4 is 5.56 Å². The van der Waals surface area contributed by atoms with Crippen molar-refractivity contribution < 1.29 is 9.53 Å². The minimum atomic E-state index is -0.148. The first kappa shape index (κ1) is 16.2. The second-order valence-electron chi connectivity index (χ2n) is 6.45. The Kier molecular flexibility index (Phi) is 5.13. The molecule has 6 nitrogen and oxygen atoms in total. The highest BCUT2D eigenvalue weighted by Crippen LogP contribution is 2.15. The summed E-state index contributed by atoms with van der Waals surface area (Å²) in [4.78, 5) is 28.6. The number of aryl methyl sites for hydroxylation is 1. The normalized spacial score (nSPS) is 23.0. The SMILES string of the molecule is Cn1ccc(C(=O)N2CCCN(CC3CCCO3)CC2)cc1=O. The number of hydrogen-bond acceptors (Lipinski definition) is 4. The lowest BCUT2D eigenvalue weighted by Gasteiger charge is -2.24. The third-order valence-electron chi connectivity index (χ3n) is 4.71. The van der Waals surface area contributed by atoms with Crippen molar-refractivity contribution in [3.8, 4) is 0 Å². The van der Waals surface area contributed by atoms with Crippen LogP contribution >= 0.6 is 0 Å². The number of rotatable bonds is 3. The average Bonchev–Trinajstić information content (AvgIpc) is 2.94. The predicted molar refractivity (Wildman–Crippen MR) is 87.6 cm³/mol. The Bertz CT molecular complexity index is 607. The second-order valence-corrected chi connectivity index (χ2v) is 6.45. The van der Waals surface area contributed by atoms with Gasteiger partial charge in [0.05, 0.1) is 6.10 Å². The highest BCUT2D eigenvalue weighted by atomic mass is 16.5. The highest BCUT2D eigenvalue weighted by molar-refractivity contribution is 5.94. The van der Waals surface area contributed by atoms with Crippen LogP contribution in [-0.4, -0.2) is 65.7 Å². The van der Waals surface area contributed by atoms with Crippen molar-refractivity contribution in [1.29, 1.82) is 0 Å². The van der Waals surface area contributed by atoms with E-state index in [4.69, 9.17) is 4.74 Å². The van der Waals surface area contributed by atoms with E-state index in [0.717, 1.165) is 52.0 Å². The van der Waals surface area contributed by atoms with Gasteiger partial charge >= 0.3 is 0 Å². The molecule has 0 radical (unpaired) electrons. The van der Waals surface area contributed by atoms with Crippen molar-refractivity contribution in [3.63, 3.8) is 0 Å². The van der Waals surface area contributed by atoms with E-state index >= 15 is 0 Å². The average molecular weight is 319 g/mol. The summed E-state index contributed by atoms with van der Waals surface area (Å²) in [5, 5.41) is 0. The van der Waals surface area contributed by atoms with Crippen LogP contribution in [0.25, 0.3) is 0 Å². The molecule has 1 atom stereocenters. The summed E-state index contributed by atoms with van der Waals surface area (Å²) >= 11 is 0. The number of hydrogen-bond donors (Lipinski definition) is 0. The van der Waals surface area contributed by atoms with E-state index in [2.05, 4.69) is 4.90 Å². The van der Waals surface area contributed by atoms with Gasteiger partial charge in [-0.1, -0.05) is 0 Å². The predicted octanol–water partition coefficient (Wildman–Crippen LogP) is 0.712. The minimum absolute atomic E-state index is 0.0401. The zero-order chi connectivity index (χ0) is 16.2. The molecule has 0 bridgehead atoms. The molecule has 1 aromatic heterocycles. The molecule has 2 saturated heterocycles. The van der Waals surface area contributed by atoms with Crippen LogP contribution in [0.5, 0.6) is 0 Å². The third-order valence-corrected chi connectivity index (χ3v) is 4.71. The van der Waals surface area contributed by atoms with Crippen molar-refractivity contribution >= 4 is 5.91 Å². The van der Waals surface area contributed by atoms with Gasteiger partial charge in [0.25, 0.3) is 11.5 Å². The van der Waals surface area contributed by atoms with Gasteiger partial charge < -0.3 is 14.2 Å². The molecule has 0 N–H and O–H groups in total. The van der Waals surface area contributed by atoms with Crippen molar-refractivity contribution in [2.75, 3.05) is 39.3 Å². The molecule has 23 heavy (non-hydrogen) atoms. The van der Waals surface area contributed by atoms with E-state index in [0.29, 0.717) is 18.2 Å². The van der Waals surface area contributed by atoms with Crippen molar-refractivity contribution in [1.82, 2.24) is 14.4 Å². The molecular formula is C17H25N3O3. The Morgan fingerprint density at radius 2 is 2.13 bits per heavy atom. The Labute approximate surface area is 136 Å². The number of ether oxygens (including phenoxy) is 1. The molecule has 2 aliphatic rings. The van der Waals surface area contributed by atoms with Crippen LogP contribution in [-0.2, 0) is 11.8 Å². The molecule has 6 heteroatoms. The van der Waals surface area contributed by atoms with Crippen LogP contribution in [0.15, 0.2) is 23.1 Å². The molecule has 1 amide bonds. The molecule has 2 aliphatic heterocycles. The number of amides is 1. The van der Waals surface area contributed by atoms with Gasteiger partial charge in [-0.2, -0.15) is 0 Å². The zero-order valence-corrected chi connectivity index (χ0v) is 13.7. The molecule has 1 unspecified atom stereocenters. The molecule has 0 spiro atoms. The first-order valence-electron chi connectivity index (χ1n) is 8.43. The Morgan fingerprint density at radius 1 is 1.26 bits per heavy atom. The van der Waals surface area contributed by atoms with Crippen molar-refractivity contribution in [2.24, 2.45) is 7.05 Å². The smallest absolute Gasteiger partial charge is 0.254 e. The summed E-state index contributed by atoms with van der Waals surface area (Å²) in [5.74, 6) is -0.0401. The highest BCUT2D eigenvalue weighted by Gasteiger charge is 2.24. The Hall–Kier alpha value is -1.66. The molecule has 1 aromatic rings. The second kappa shape index (κ2) is 7.27. The molecule has 0 aromatic carbocycles. The fourth-order valence-electron chi connectivity index (χ4n) is 3.30. The minimum Gasteiger partial charge on any atom is -0.377 e. The van der Waals surface area contributed by atoms with Gasteiger partial charge in [0.1, 0.15) is 0 Å². The van der Waals surface area contributed by atoms with Gasteiger partial charge in [0, 0.05) is 57.7 Å². The van der Waals surface area contributed by atoms with E-state index in [1.165, 1.54) is 10.6 Å². The van der Waals surface area contributed by atoms with E-state index in [1.807, 2.05) is 4.90 Å². The van der Waals surface area contributed by atoms with Crippen LogP contribution in [0, 0.1) is 0 Å². The zero-order valence-electron chi connectivity index (χ0n) is 13.7. The lowest BCUT2D eigenvalue weighted by molar-refractivity contribution is 0.0704. The van der Waals surface area contributed by atoms with Gasteiger partial charge in [0.2, 0.25) is 0 Å². The summed E-state index contributed by atoms with van der Waals surface area (Å²) in [6.45, 7) is 5.17. The van der Waals surface area contributed by atoms with Gasteiger partial charge in [-0.15, -0.1) is 0 Å². The monoisotopic (exact) mass is 319 g/mol. The summed E-state index contributed by atoms with van der Waals surface area (Å²) in [5.41, 5.74) is 0.339. The first-order chi connectivity index (χ1) is 11.1. The summed E-state index contributed by atoms with van der Waals surface area (Å²) in [6.07, 6.45) is 5.27. The lowest BCUT2D eigenvalue weighted by atomic mass is 10.2. The van der Waals surface area contributed by atoms with Crippen LogP contribution in [0.4, 0.5) is 0 Å². The maximum atomic E-state index is 12.6. The van der Waals surface area contributed by atoms with Crippen molar-refractivity contribution in [3.05, 3.63) is 34.2 Å². The molecule has 0 aliphatic carbocycles. The molecule has 3 heterocycles. The largest absolute Gasteiger partial charge is 0.377 e. The number of nitrogens with zero attached hydrogens (tertiary/aromatic N) is 3. The van der Waals surface area contributed by atoms with Gasteiger partial charge in [-0.3, -0.25) is 14.5 Å². The quantitative estimate of drug-likeness (QED) is 0.823. The van der Waals surface area contributed by atoms with Crippen LogP contribution in [0.1, 0.15) is 29.6 Å². The topological polar surface area (TPSA) is 54.8 Å². The molecule has 3 rings (SSSR count). The van der Waals surface area contributed by atoms with Crippen LogP contribution in [0.3, 0.4) is 0 Å². The van der Waals surface area contributed by atoms with E-state index in [1.54, 1.807) is 19.3 Å². The third kappa shape index (κ3) is 4.00. The number of pyridine rings is 1. The van der Waals surface area contributed by atoms with Crippen molar-refractivity contribution in [2.45, 2.75) is 25.4 Å². The number of carbonyl (C=O) groups is 1. The van der Waals surface area contributed by atoms with E-state index in [9.17, 15) is 9.59 Å². The first-order valence-corrected chi connectivity index (χ1v) is 8.43. The summed E-state index contributed by atoms with van der Waals surface area (Å²) in [7, 11) is 1.69. The standard InChI is InChI=1S/C17H25N3O3/c1-18-8-5-14(12-16(18)21)17(22)20-7-3-6-19(9-10-20)13-15-4-2-11-23-15/h5,8,12,15H,2-4,6-7,9-11,13H2,1H3. The maximum absolute atomic E-state index is 12.6. The maximum Gasteiger partial charge on any atom is 0.254 e. The lowest BCUT2D eigenvalue weighted by Crippen LogP contribution is -2.38. The van der Waals surface area contributed by atoms with Gasteiger partial charge in [-0.05, 0) is 31.9 Å². The van der Waals surface area contributed by atoms with E-state index < -0.39 is 0 Å². The van der Waals surface area contributed by atoms with Gasteiger partial charge in [-0.25, -0.2) is 0 Å². The molecule has 126 valence electrons. The molecule has 2 fully saturated rings. The summed E-state index contributed by atoms with van der Waals surface area (Å²) < 4.78 is 7.18. The Balaban J connectivity index is 1.59. The molecular weight excluding hydrogens is 294 g/mol. The number of carbonyl (C=O) groups excluding carboxylic acids is 1. The number of aromatic nitrogens is 1. The van der Waals surface area contributed by atoms with Gasteiger partial charge in [0.15, 0.2) is 0 Å². The van der Waals surface area contributed by atoms with E-state index in [-0.39, 0.29) is 11.5 Å². The fraction of sp³-hybridized carbons (Fsp3) is 0.647. The molecule has 0 saturated carbocycles. The summed E-state index contributed by atoms with van der Waals surface area (Å²) in [6, 6.07) is 3.15.